The Hall–Kier alpha value is -0.130. The zero-order chi connectivity index (χ0) is 21.8. The zero-order valence-electron chi connectivity index (χ0n) is 17.7. The molecule has 4 atom stereocenters. The predicted octanol–water partition coefficient (Wildman–Crippen LogP) is 5.32. The second kappa shape index (κ2) is 8.02. The molecule has 4 aliphatic carbocycles. The summed E-state index contributed by atoms with van der Waals surface area (Å²) in [7, 11) is -2.90. The summed E-state index contributed by atoms with van der Waals surface area (Å²) in [4.78, 5) is 21.8. The number of rotatable bonds is 4. The van der Waals surface area contributed by atoms with Gasteiger partial charge in [0.2, 0.25) is 0 Å². The van der Waals surface area contributed by atoms with E-state index in [1.54, 1.807) is 6.92 Å². The molecule has 1 aromatic rings. The summed E-state index contributed by atoms with van der Waals surface area (Å²) < 4.78 is 16.3. The lowest BCUT2D eigenvalue weighted by Gasteiger charge is -2.70. The minimum Gasteiger partial charge on any atom is -0.799 e. The maximum atomic E-state index is 10.0. The minimum atomic E-state index is -2.90. The Bertz CT molecular complexity index is 809. The minimum absolute atomic E-state index is 0.0430. The first-order valence-electron chi connectivity index (χ1n) is 10.8. The molecule has 0 amide bonds. The Morgan fingerprint density at radius 3 is 2.10 bits per heavy atom. The molecule has 30 heavy (non-hydrogen) atoms. The maximum Gasteiger partial charge on any atom is 0.260 e. The molecular weight excluding hydrogens is 446 g/mol. The second-order valence-electron chi connectivity index (χ2n) is 9.34. The zero-order valence-corrected chi connectivity index (χ0v) is 20.1. The van der Waals surface area contributed by atoms with E-state index in [2.05, 4.69) is 0 Å². The third kappa shape index (κ3) is 3.69. The van der Waals surface area contributed by atoms with Crippen LogP contribution in [0.15, 0.2) is 24.3 Å². The van der Waals surface area contributed by atoms with Crippen molar-refractivity contribution in [3.63, 3.8) is 0 Å². The molecular formula is C22H30Cl2O5P-. The summed E-state index contributed by atoms with van der Waals surface area (Å²) in [6, 6.07) is 7.80. The molecule has 0 aromatic heterocycles. The molecule has 4 saturated carbocycles. The van der Waals surface area contributed by atoms with E-state index >= 15 is 0 Å². The van der Waals surface area contributed by atoms with E-state index in [-0.39, 0.29) is 11.0 Å². The van der Waals surface area contributed by atoms with Gasteiger partial charge in [-0.3, -0.25) is 0 Å². The lowest BCUT2D eigenvalue weighted by molar-refractivity contribution is -0.647. The quantitative estimate of drug-likeness (QED) is 0.334. The highest BCUT2D eigenvalue weighted by Crippen LogP contribution is 2.71. The average Bonchev–Trinajstić information content (AvgIpc) is 2.64. The Labute approximate surface area is 188 Å². The number of hydrogen-bond donors (Lipinski definition) is 0. The average molecular weight is 476 g/mol. The van der Waals surface area contributed by atoms with Crippen LogP contribution in [0.4, 0.5) is 0 Å². The van der Waals surface area contributed by atoms with Gasteiger partial charge in [0.05, 0.1) is 0 Å². The van der Waals surface area contributed by atoms with Crippen molar-refractivity contribution in [3.8, 4) is 0 Å². The Morgan fingerprint density at radius 2 is 1.70 bits per heavy atom. The molecule has 1 aromatic carbocycles. The molecule has 1 saturated heterocycles. The van der Waals surface area contributed by atoms with E-state index in [4.69, 9.17) is 37.7 Å². The van der Waals surface area contributed by atoms with Crippen LogP contribution >= 0.6 is 30.6 Å². The second-order valence-corrected chi connectivity index (χ2v) is 13.2. The van der Waals surface area contributed by atoms with Gasteiger partial charge in [0, 0.05) is 29.4 Å². The summed E-state index contributed by atoms with van der Waals surface area (Å²) in [5.41, 5.74) is 0.586. The summed E-state index contributed by atoms with van der Waals surface area (Å²) in [6.07, 6.45) is 5.74. The largest absolute Gasteiger partial charge is 0.799 e. The van der Waals surface area contributed by atoms with Crippen LogP contribution < -0.4 is 4.89 Å². The van der Waals surface area contributed by atoms with Gasteiger partial charge in [-0.25, -0.2) is 4.89 Å². The lowest BCUT2D eigenvalue weighted by Crippen LogP contribution is -2.78. The Balaban J connectivity index is 0.000000322. The van der Waals surface area contributed by atoms with Gasteiger partial charge in [-0.05, 0) is 81.7 Å². The standard InChI is InChI=1S/C19H22Cl2O3.C3H9O2P/c1-2-22-19(13-3-5-16(20)6-4-13)18(23-24-19)14-7-12-8-15(18)11-17(21,9-12)10-14;1-3-6(2,4)5/h3-6,12,14-15H,2,7-11H2,1H3;3H2,1-2H3,(H,4,5)/p-1. The molecule has 4 unspecified atom stereocenters. The van der Waals surface area contributed by atoms with Gasteiger partial charge in [0.1, 0.15) is 0 Å². The highest BCUT2D eigenvalue weighted by Gasteiger charge is 2.78. The summed E-state index contributed by atoms with van der Waals surface area (Å²) in [6.45, 7) is 5.45. The highest BCUT2D eigenvalue weighted by molar-refractivity contribution is 7.55. The van der Waals surface area contributed by atoms with Crippen molar-refractivity contribution in [1.29, 1.82) is 0 Å². The molecule has 0 radical (unpaired) electrons. The van der Waals surface area contributed by atoms with Crippen molar-refractivity contribution in [2.75, 3.05) is 19.4 Å². The van der Waals surface area contributed by atoms with Crippen molar-refractivity contribution in [3.05, 3.63) is 34.9 Å². The first kappa shape index (κ1) is 23.0. The molecule has 1 aliphatic heterocycles. The Morgan fingerprint density at radius 1 is 1.13 bits per heavy atom. The Kier molecular flexibility index (Phi) is 6.16. The van der Waals surface area contributed by atoms with Crippen LogP contribution in [0, 0.1) is 17.8 Å². The van der Waals surface area contributed by atoms with E-state index in [1.165, 1.54) is 6.66 Å². The molecule has 0 N–H and O–H groups in total. The van der Waals surface area contributed by atoms with Crippen LogP contribution in [-0.4, -0.2) is 29.9 Å². The van der Waals surface area contributed by atoms with Crippen LogP contribution in [-0.2, 0) is 24.9 Å². The van der Waals surface area contributed by atoms with E-state index in [1.807, 2.05) is 31.2 Å². The molecule has 8 heteroatoms. The smallest absolute Gasteiger partial charge is 0.260 e. The van der Waals surface area contributed by atoms with Crippen LogP contribution in [0.5, 0.6) is 0 Å². The molecule has 1 heterocycles. The molecule has 5 nitrogen and oxygen atoms in total. The monoisotopic (exact) mass is 475 g/mol. The van der Waals surface area contributed by atoms with Crippen molar-refractivity contribution in [2.24, 2.45) is 17.8 Å². The third-order valence-electron chi connectivity index (χ3n) is 7.29. The van der Waals surface area contributed by atoms with Gasteiger partial charge < -0.3 is 14.2 Å². The number of hydrogen-bond acceptors (Lipinski definition) is 5. The van der Waals surface area contributed by atoms with Crippen LogP contribution in [0.1, 0.15) is 51.5 Å². The van der Waals surface area contributed by atoms with Gasteiger partial charge in [-0.1, -0.05) is 30.7 Å². The van der Waals surface area contributed by atoms with Crippen LogP contribution in [0.3, 0.4) is 0 Å². The third-order valence-corrected chi connectivity index (χ3v) is 9.15. The molecule has 5 aliphatic rings. The molecule has 1 spiro atoms. The van der Waals surface area contributed by atoms with Crippen LogP contribution in [0.2, 0.25) is 5.02 Å². The molecule has 5 fully saturated rings. The van der Waals surface area contributed by atoms with Gasteiger partial charge in [0.15, 0.2) is 5.60 Å². The van der Waals surface area contributed by atoms with E-state index in [0.717, 1.165) is 43.6 Å². The maximum absolute atomic E-state index is 10.0. The SMILES string of the molecule is CCOC1(c2ccc(Cl)cc2)OOC12C1CC3CC2CC(Cl)(C3)C1.CCP(C)(=O)[O-]. The van der Waals surface area contributed by atoms with Gasteiger partial charge in [-0.15, -0.1) is 11.6 Å². The van der Waals surface area contributed by atoms with Crippen molar-refractivity contribution < 1.29 is 24.0 Å². The molecule has 6 rings (SSSR count). The highest BCUT2D eigenvalue weighted by atomic mass is 35.5. The van der Waals surface area contributed by atoms with Crippen LogP contribution in [0.25, 0.3) is 0 Å². The number of halogens is 2. The molecule has 168 valence electrons. The normalized spacial score (nSPS) is 42.9. The number of benzene rings is 1. The van der Waals surface area contributed by atoms with Crippen molar-refractivity contribution in [1.82, 2.24) is 0 Å². The topological polar surface area (TPSA) is 67.8 Å². The fourth-order valence-corrected chi connectivity index (χ4v) is 6.84. The first-order valence-corrected chi connectivity index (χ1v) is 13.8. The van der Waals surface area contributed by atoms with E-state index in [9.17, 15) is 9.46 Å². The van der Waals surface area contributed by atoms with Gasteiger partial charge >= 0.3 is 0 Å². The fraction of sp³-hybridized carbons (Fsp3) is 0.727. The van der Waals surface area contributed by atoms with Crippen molar-refractivity contribution in [2.45, 2.75) is 62.2 Å². The van der Waals surface area contributed by atoms with Gasteiger partial charge in [0.25, 0.3) is 5.79 Å². The lowest BCUT2D eigenvalue weighted by atomic mass is 9.46. The van der Waals surface area contributed by atoms with E-state index < -0.39 is 18.8 Å². The number of alkyl halides is 1. The first-order chi connectivity index (χ1) is 14.1. The van der Waals surface area contributed by atoms with Crippen molar-refractivity contribution >= 4 is 30.6 Å². The summed E-state index contributed by atoms with van der Waals surface area (Å²) in [5, 5.41) is 0.712. The molecule has 4 bridgehead atoms. The number of ether oxygens (including phenoxy) is 1. The fourth-order valence-electron chi connectivity index (χ4n) is 6.13. The van der Waals surface area contributed by atoms with Gasteiger partial charge in [-0.2, -0.15) is 4.89 Å². The predicted molar refractivity (Wildman–Crippen MR) is 116 cm³/mol. The summed E-state index contributed by atoms with van der Waals surface area (Å²) in [5.74, 6) is 0.663. The summed E-state index contributed by atoms with van der Waals surface area (Å²) >= 11 is 13.0. The van der Waals surface area contributed by atoms with E-state index in [0.29, 0.717) is 23.5 Å².